The van der Waals surface area contributed by atoms with E-state index in [1.807, 2.05) is 30.3 Å². The third-order valence-corrected chi connectivity index (χ3v) is 18.9. The van der Waals surface area contributed by atoms with Gasteiger partial charge in [-0.1, -0.05) is 394 Å². The molecule has 8 heteroatoms. The minimum atomic E-state index is -0.834. The molecule has 530 valence electrons. The third-order valence-electron chi connectivity index (χ3n) is 18.9. The van der Waals surface area contributed by atoms with E-state index in [9.17, 15) is 19.2 Å². The fourth-order valence-corrected chi connectivity index (χ4v) is 13.0. The molecule has 0 saturated heterocycles. The third kappa shape index (κ3) is 46.4. The molecule has 0 unspecified atom stereocenters. The van der Waals surface area contributed by atoms with Gasteiger partial charge in [0.1, 0.15) is 0 Å². The molecule has 0 saturated carbocycles. The predicted molar refractivity (Wildman–Crippen MR) is 392 cm³/mol. The minimum absolute atomic E-state index is 0.0760. The Kier molecular flexibility index (Phi) is 54.9. The van der Waals surface area contributed by atoms with Gasteiger partial charge < -0.3 is 18.9 Å². The molecule has 0 heterocycles. The first-order valence-electron chi connectivity index (χ1n) is 39.8. The molecular weight excluding hydrogens is 1140 g/mol. The molecule has 0 aliphatic carbocycles. The topological polar surface area (TPSA) is 105 Å². The van der Waals surface area contributed by atoms with E-state index in [2.05, 4.69) is 55.4 Å². The molecule has 2 rings (SSSR count). The maximum Gasteiger partial charge on any atom is 0.339 e. The first-order chi connectivity index (χ1) is 44.8. The molecule has 0 radical (unpaired) electrons. The Bertz CT molecular complexity index is 2060. The van der Waals surface area contributed by atoms with Crippen molar-refractivity contribution in [2.75, 3.05) is 26.4 Å². The lowest BCUT2D eigenvalue weighted by molar-refractivity contribution is 0.0415. The second-order valence-corrected chi connectivity index (χ2v) is 29.7. The maximum absolute atomic E-state index is 15.0. The zero-order chi connectivity index (χ0) is 66.8. The van der Waals surface area contributed by atoms with E-state index >= 15 is 0 Å². The fraction of sp³-hybridized carbons (Fsp3) is 0.810. The van der Waals surface area contributed by atoms with E-state index in [4.69, 9.17) is 18.9 Å². The molecule has 0 bridgehead atoms. The van der Waals surface area contributed by atoms with Crippen LogP contribution in [-0.4, -0.2) is 50.3 Å². The van der Waals surface area contributed by atoms with Crippen molar-refractivity contribution in [1.29, 1.82) is 0 Å². The summed E-state index contributed by atoms with van der Waals surface area (Å²) < 4.78 is 24.3. The largest absolute Gasteiger partial charge is 0.462 e. The maximum atomic E-state index is 15.0. The van der Waals surface area contributed by atoms with Gasteiger partial charge >= 0.3 is 23.9 Å². The standard InChI is InChI=1S/C84H146O8/c1-71(2)60-50-41-33-25-17-9-13-21-29-37-45-56-66-89-81(85)77-70-76(75-64-54-49-55-65-75)78(82(86)90-67-57-46-38-30-22-14-10-18-26-34-42-51-61-72(3)4)80(84(88)92-69-59-48-40-32-24-16-12-20-28-36-44-53-63-74(7)8)79(77)83(87)91-68-58-47-39-31-23-15-11-19-27-35-43-52-62-73(5)6/h49,54-55,64-65,70-74H,9-48,50-53,56-63,66-69H2,1-8H3. The molecule has 0 aromatic heterocycles. The Balaban J connectivity index is 2.28. The highest BCUT2D eigenvalue weighted by molar-refractivity contribution is 6.18. The van der Waals surface area contributed by atoms with E-state index in [1.165, 1.54) is 231 Å². The van der Waals surface area contributed by atoms with Crippen LogP contribution in [0, 0.1) is 23.7 Å². The van der Waals surface area contributed by atoms with Crippen LogP contribution in [0.1, 0.15) is 431 Å². The SMILES string of the molecule is CC(C)CCCCCCCCCCCCCCOC(=O)c1cc(-c2ccccc2)c(C(=O)OCCCCCCCCCCCCCCC(C)C)c(C(=O)OCCCCCCCCCCCCCCC(C)C)c1C(=O)OCCCCCCCCCCCCCCC(C)C. The van der Waals surface area contributed by atoms with Gasteiger partial charge in [-0.3, -0.25) is 0 Å². The van der Waals surface area contributed by atoms with Gasteiger partial charge in [0.15, 0.2) is 0 Å². The first-order valence-corrected chi connectivity index (χ1v) is 39.8. The lowest BCUT2D eigenvalue weighted by atomic mass is 9.88. The summed E-state index contributed by atoms with van der Waals surface area (Å²) in [6.07, 6.45) is 62.2. The van der Waals surface area contributed by atoms with Crippen molar-refractivity contribution in [2.45, 2.75) is 389 Å². The summed E-state index contributed by atoms with van der Waals surface area (Å²) in [7, 11) is 0. The zero-order valence-corrected chi connectivity index (χ0v) is 61.6. The molecule has 2 aromatic rings. The Hall–Kier alpha value is -3.68. The molecule has 0 spiro atoms. The second kappa shape index (κ2) is 59.8. The van der Waals surface area contributed by atoms with E-state index in [1.54, 1.807) is 6.07 Å². The van der Waals surface area contributed by atoms with Gasteiger partial charge in [0.25, 0.3) is 0 Å². The van der Waals surface area contributed by atoms with Gasteiger partial charge in [-0.25, -0.2) is 19.2 Å². The van der Waals surface area contributed by atoms with Crippen LogP contribution in [-0.2, 0) is 18.9 Å². The van der Waals surface area contributed by atoms with Crippen molar-refractivity contribution in [3.63, 3.8) is 0 Å². The van der Waals surface area contributed by atoms with Gasteiger partial charge in [0.2, 0.25) is 0 Å². The molecule has 8 nitrogen and oxygen atoms in total. The number of hydrogen-bond donors (Lipinski definition) is 0. The molecular formula is C84H146O8. The molecule has 0 aliphatic heterocycles. The van der Waals surface area contributed by atoms with E-state index in [0.29, 0.717) is 36.8 Å². The Morgan fingerprint density at radius 3 is 0.707 bits per heavy atom. The summed E-state index contributed by atoms with van der Waals surface area (Å²) in [6, 6.07) is 10.9. The van der Waals surface area contributed by atoms with Crippen LogP contribution in [0.5, 0.6) is 0 Å². The summed E-state index contributed by atoms with van der Waals surface area (Å²) in [6.45, 7) is 19.1. The Labute approximate surface area is 568 Å². The number of ether oxygens (including phenoxy) is 4. The van der Waals surface area contributed by atoms with Gasteiger partial charge in [-0.05, 0) is 66.5 Å². The van der Waals surface area contributed by atoms with Crippen LogP contribution in [0.25, 0.3) is 11.1 Å². The van der Waals surface area contributed by atoms with Crippen LogP contribution in [0.2, 0.25) is 0 Å². The van der Waals surface area contributed by atoms with Gasteiger partial charge in [0.05, 0.1) is 48.7 Å². The molecule has 0 fully saturated rings. The zero-order valence-electron chi connectivity index (χ0n) is 61.6. The lowest BCUT2D eigenvalue weighted by Crippen LogP contribution is -2.25. The normalized spacial score (nSPS) is 11.7. The number of hydrogen-bond acceptors (Lipinski definition) is 8. The highest BCUT2D eigenvalue weighted by Crippen LogP contribution is 2.35. The van der Waals surface area contributed by atoms with Crippen molar-refractivity contribution in [2.24, 2.45) is 23.7 Å². The summed E-state index contributed by atoms with van der Waals surface area (Å²) in [5.74, 6) is 0.0793. The second-order valence-electron chi connectivity index (χ2n) is 29.7. The van der Waals surface area contributed by atoms with Crippen LogP contribution in [0.3, 0.4) is 0 Å². The van der Waals surface area contributed by atoms with Crippen molar-refractivity contribution in [3.8, 4) is 11.1 Å². The summed E-state index contributed by atoms with van der Waals surface area (Å²) in [5.41, 5.74) is 0.206. The summed E-state index contributed by atoms with van der Waals surface area (Å²) in [4.78, 5) is 59.3. The van der Waals surface area contributed by atoms with Crippen LogP contribution >= 0.6 is 0 Å². The minimum Gasteiger partial charge on any atom is -0.462 e. The predicted octanol–water partition coefficient (Wildman–Crippen LogP) is 26.9. The highest BCUT2D eigenvalue weighted by Gasteiger charge is 2.36. The van der Waals surface area contributed by atoms with Crippen molar-refractivity contribution in [1.82, 2.24) is 0 Å². The average Bonchev–Trinajstić information content (AvgIpc) is 0.757. The fourth-order valence-electron chi connectivity index (χ4n) is 13.0. The number of carbonyl (C=O) groups excluding carboxylic acids is 4. The number of carbonyl (C=O) groups is 4. The number of esters is 4. The number of unbranched alkanes of at least 4 members (excludes halogenated alkanes) is 44. The lowest BCUT2D eigenvalue weighted by Gasteiger charge is -2.20. The molecule has 2 aromatic carbocycles. The van der Waals surface area contributed by atoms with Gasteiger partial charge in [-0.15, -0.1) is 0 Å². The van der Waals surface area contributed by atoms with Crippen molar-refractivity contribution < 1.29 is 38.1 Å². The van der Waals surface area contributed by atoms with E-state index < -0.39 is 23.9 Å². The van der Waals surface area contributed by atoms with Crippen LogP contribution in [0.4, 0.5) is 0 Å². The van der Waals surface area contributed by atoms with Crippen molar-refractivity contribution >= 4 is 23.9 Å². The monoisotopic (exact) mass is 1280 g/mol. The van der Waals surface area contributed by atoms with E-state index in [0.717, 1.165) is 101 Å². The quantitative estimate of drug-likeness (QED) is 0.0366. The Morgan fingerprint density at radius 1 is 0.250 bits per heavy atom. The van der Waals surface area contributed by atoms with Crippen LogP contribution < -0.4 is 0 Å². The smallest absolute Gasteiger partial charge is 0.339 e. The summed E-state index contributed by atoms with van der Waals surface area (Å²) in [5, 5.41) is 0. The van der Waals surface area contributed by atoms with Gasteiger partial charge in [-0.2, -0.15) is 0 Å². The average molecular weight is 1280 g/mol. The molecule has 0 atom stereocenters. The summed E-state index contributed by atoms with van der Waals surface area (Å²) >= 11 is 0. The molecule has 0 N–H and O–H groups in total. The number of benzene rings is 2. The first kappa shape index (κ1) is 84.4. The van der Waals surface area contributed by atoms with Crippen LogP contribution in [0.15, 0.2) is 36.4 Å². The Morgan fingerprint density at radius 2 is 0.457 bits per heavy atom. The molecule has 92 heavy (non-hydrogen) atoms. The highest BCUT2D eigenvalue weighted by atomic mass is 16.5. The molecule has 0 amide bonds. The molecule has 0 aliphatic rings. The van der Waals surface area contributed by atoms with E-state index in [-0.39, 0.29) is 48.7 Å². The van der Waals surface area contributed by atoms with Crippen molar-refractivity contribution in [3.05, 3.63) is 58.7 Å². The number of rotatable bonds is 65. The van der Waals surface area contributed by atoms with Gasteiger partial charge in [0, 0.05) is 0 Å².